The Kier molecular flexibility index (Phi) is 6.32. The normalized spacial score (nSPS) is 15.2. The van der Waals surface area contributed by atoms with Crippen LogP contribution in [0.1, 0.15) is 0 Å². The smallest absolute Gasteiger partial charge is 0.204 e. The maximum absolute atomic E-state index is 5.92. The molecular weight excluding hydrogens is 370 g/mol. The lowest BCUT2D eigenvalue weighted by Crippen LogP contribution is -2.39. The fourth-order valence-corrected chi connectivity index (χ4v) is 2.94. The number of ether oxygens (including phenoxy) is 4. The van der Waals surface area contributed by atoms with Crippen LogP contribution < -0.4 is 24.3 Å². The molecule has 0 unspecified atom stereocenters. The van der Waals surface area contributed by atoms with Crippen molar-refractivity contribution >= 4 is 23.4 Å². The molecule has 2 aromatic carbocycles. The number of rotatable bonds is 7. The summed E-state index contributed by atoms with van der Waals surface area (Å²) in [5.74, 6) is 2.87. The Morgan fingerprint density at radius 1 is 1.11 bits per heavy atom. The van der Waals surface area contributed by atoms with Crippen LogP contribution in [0.4, 0.5) is 0 Å². The van der Waals surface area contributed by atoms with E-state index in [1.807, 2.05) is 42.5 Å². The number of furan rings is 1. The summed E-state index contributed by atoms with van der Waals surface area (Å²) in [6.45, 7) is 2.37. The van der Waals surface area contributed by atoms with Gasteiger partial charge in [-0.05, 0) is 30.3 Å². The van der Waals surface area contributed by atoms with Gasteiger partial charge in [-0.2, -0.15) is 0 Å². The van der Waals surface area contributed by atoms with E-state index in [0.29, 0.717) is 43.4 Å². The van der Waals surface area contributed by atoms with Gasteiger partial charge >= 0.3 is 0 Å². The maximum atomic E-state index is 5.92. The molecule has 1 aromatic heterocycles. The minimum absolute atomic E-state index is 0. The predicted octanol–water partition coefficient (Wildman–Crippen LogP) is 3.67. The summed E-state index contributed by atoms with van der Waals surface area (Å²) in [7, 11) is 1.62. The van der Waals surface area contributed by atoms with E-state index in [-0.39, 0.29) is 18.5 Å². The van der Waals surface area contributed by atoms with E-state index in [0.717, 1.165) is 16.9 Å². The summed E-state index contributed by atoms with van der Waals surface area (Å²) in [6, 6.07) is 13.4. The molecule has 0 saturated carbocycles. The molecule has 1 aliphatic heterocycles. The highest BCUT2D eigenvalue weighted by molar-refractivity contribution is 5.86. The molecule has 7 heteroatoms. The highest BCUT2D eigenvalue weighted by Gasteiger charge is 2.20. The number of para-hydroxylation sites is 2. The van der Waals surface area contributed by atoms with E-state index in [9.17, 15) is 0 Å². The first-order valence-electron chi connectivity index (χ1n) is 8.61. The molecule has 1 aliphatic rings. The van der Waals surface area contributed by atoms with Gasteiger partial charge in [-0.25, -0.2) is 0 Å². The Labute approximate surface area is 163 Å². The van der Waals surface area contributed by atoms with Gasteiger partial charge < -0.3 is 28.7 Å². The molecule has 0 fully saturated rings. The number of benzene rings is 2. The zero-order valence-electron chi connectivity index (χ0n) is 15.0. The Morgan fingerprint density at radius 3 is 2.81 bits per heavy atom. The van der Waals surface area contributed by atoms with Crippen molar-refractivity contribution in [3.8, 4) is 23.0 Å². The van der Waals surface area contributed by atoms with E-state index >= 15 is 0 Å². The van der Waals surface area contributed by atoms with Crippen molar-refractivity contribution in [1.82, 2.24) is 5.32 Å². The van der Waals surface area contributed by atoms with Gasteiger partial charge in [0.05, 0.1) is 13.4 Å². The van der Waals surface area contributed by atoms with Crippen LogP contribution in [0.15, 0.2) is 53.1 Å². The van der Waals surface area contributed by atoms with E-state index in [2.05, 4.69) is 5.32 Å². The molecule has 27 heavy (non-hydrogen) atoms. The van der Waals surface area contributed by atoms with Crippen LogP contribution in [0.5, 0.6) is 23.0 Å². The number of hydrogen-bond donors (Lipinski definition) is 1. The third kappa shape index (κ3) is 4.23. The van der Waals surface area contributed by atoms with Gasteiger partial charge in [0.15, 0.2) is 22.8 Å². The summed E-state index contributed by atoms with van der Waals surface area (Å²) in [5, 5.41) is 4.32. The number of methoxy groups -OCH3 is 1. The second kappa shape index (κ2) is 8.88. The summed E-state index contributed by atoms with van der Waals surface area (Å²) in [5.41, 5.74) is 0.699. The first-order valence-corrected chi connectivity index (χ1v) is 8.61. The van der Waals surface area contributed by atoms with Crippen molar-refractivity contribution in [3.63, 3.8) is 0 Å². The average molecular weight is 392 g/mol. The van der Waals surface area contributed by atoms with Crippen molar-refractivity contribution in [2.24, 2.45) is 0 Å². The summed E-state index contributed by atoms with van der Waals surface area (Å²) >= 11 is 0. The molecule has 6 nitrogen and oxygen atoms in total. The van der Waals surface area contributed by atoms with Gasteiger partial charge in [0.25, 0.3) is 0 Å². The minimum atomic E-state index is -0.0204. The molecule has 0 saturated heterocycles. The lowest BCUT2D eigenvalue weighted by atomic mass is 10.2. The molecular formula is C20H22ClNO5. The molecule has 0 bridgehead atoms. The molecule has 0 radical (unpaired) electrons. The zero-order chi connectivity index (χ0) is 17.8. The molecule has 0 amide bonds. The van der Waals surface area contributed by atoms with Crippen LogP contribution in [0.25, 0.3) is 11.0 Å². The minimum Gasteiger partial charge on any atom is -0.493 e. The lowest BCUT2D eigenvalue weighted by molar-refractivity contribution is 0.0897. The molecule has 3 aromatic rings. The average Bonchev–Trinajstić information content (AvgIpc) is 3.16. The highest BCUT2D eigenvalue weighted by atomic mass is 35.5. The van der Waals surface area contributed by atoms with Crippen LogP contribution in [0.2, 0.25) is 0 Å². The maximum Gasteiger partial charge on any atom is 0.204 e. The second-order valence-electron chi connectivity index (χ2n) is 5.99. The Balaban J connectivity index is 0.00000210. The van der Waals surface area contributed by atoms with Crippen LogP contribution in [-0.4, -0.2) is 39.5 Å². The topological polar surface area (TPSA) is 62.1 Å². The largest absolute Gasteiger partial charge is 0.493 e. The van der Waals surface area contributed by atoms with Crippen molar-refractivity contribution in [3.05, 3.63) is 48.7 Å². The zero-order valence-corrected chi connectivity index (χ0v) is 15.8. The standard InChI is InChI=1S/C20H21NO5.ClH/c1-22-18-7-6-14-8-10-23-19(14)20(18)24-11-9-21-12-15-13-25-16-4-2-3-5-17(16)26-15;/h2-8,10,15,21H,9,11-13H2,1H3;1H/t15-;/m0./s1. The monoisotopic (exact) mass is 391 g/mol. The third-order valence-corrected chi connectivity index (χ3v) is 4.22. The van der Waals surface area contributed by atoms with Gasteiger partial charge in [0.1, 0.15) is 19.3 Å². The fourth-order valence-electron chi connectivity index (χ4n) is 2.94. The van der Waals surface area contributed by atoms with Gasteiger partial charge in [-0.15, -0.1) is 12.4 Å². The van der Waals surface area contributed by atoms with Gasteiger partial charge in [-0.1, -0.05) is 12.1 Å². The first-order chi connectivity index (χ1) is 12.8. The van der Waals surface area contributed by atoms with Crippen molar-refractivity contribution in [2.45, 2.75) is 6.10 Å². The Morgan fingerprint density at radius 2 is 1.96 bits per heavy atom. The van der Waals surface area contributed by atoms with Crippen LogP contribution in [0.3, 0.4) is 0 Å². The molecule has 1 atom stereocenters. The summed E-state index contributed by atoms with van der Waals surface area (Å²) < 4.78 is 28.4. The number of fused-ring (bicyclic) bond motifs is 2. The van der Waals surface area contributed by atoms with Crippen molar-refractivity contribution in [2.75, 3.05) is 33.4 Å². The molecule has 144 valence electrons. The van der Waals surface area contributed by atoms with E-state index in [4.69, 9.17) is 23.4 Å². The molecule has 0 spiro atoms. The summed E-state index contributed by atoms with van der Waals surface area (Å²) in [4.78, 5) is 0. The van der Waals surface area contributed by atoms with Gasteiger partial charge in [-0.3, -0.25) is 0 Å². The van der Waals surface area contributed by atoms with E-state index in [1.165, 1.54) is 0 Å². The number of hydrogen-bond acceptors (Lipinski definition) is 6. The van der Waals surface area contributed by atoms with Crippen molar-refractivity contribution in [1.29, 1.82) is 0 Å². The van der Waals surface area contributed by atoms with Crippen LogP contribution in [-0.2, 0) is 0 Å². The summed E-state index contributed by atoms with van der Waals surface area (Å²) in [6.07, 6.45) is 1.63. The predicted molar refractivity (Wildman–Crippen MR) is 105 cm³/mol. The van der Waals surface area contributed by atoms with Crippen LogP contribution in [0, 0.1) is 0 Å². The molecule has 2 heterocycles. The van der Waals surface area contributed by atoms with Crippen molar-refractivity contribution < 1.29 is 23.4 Å². The molecule has 0 aliphatic carbocycles. The van der Waals surface area contributed by atoms with E-state index in [1.54, 1.807) is 13.4 Å². The highest BCUT2D eigenvalue weighted by Crippen LogP contribution is 2.36. The number of halogens is 1. The molecule has 4 rings (SSSR count). The Hall–Kier alpha value is -2.57. The first kappa shape index (κ1) is 19.2. The lowest BCUT2D eigenvalue weighted by Gasteiger charge is -2.26. The van der Waals surface area contributed by atoms with Crippen LogP contribution >= 0.6 is 12.4 Å². The number of nitrogens with one attached hydrogen (secondary N) is 1. The SMILES string of the molecule is COc1ccc2ccoc2c1OCCNC[C@H]1COc2ccccc2O1.Cl. The molecule has 1 N–H and O–H groups in total. The van der Waals surface area contributed by atoms with Gasteiger partial charge in [0, 0.05) is 18.5 Å². The quantitative estimate of drug-likeness (QED) is 0.620. The second-order valence-corrected chi connectivity index (χ2v) is 5.99. The fraction of sp³-hybridized carbons (Fsp3) is 0.300. The van der Waals surface area contributed by atoms with Gasteiger partial charge in [0.2, 0.25) is 5.75 Å². The third-order valence-electron chi connectivity index (χ3n) is 4.22. The Bertz CT molecular complexity index is 882. The van der Waals surface area contributed by atoms with E-state index < -0.39 is 0 Å².